The van der Waals surface area contributed by atoms with Gasteiger partial charge in [-0.1, -0.05) is 90.6 Å². The molecule has 2 nitrogen and oxygen atoms in total. The van der Waals surface area contributed by atoms with Gasteiger partial charge in [-0.05, 0) is 59.7 Å². The Morgan fingerprint density at radius 2 is 1.09 bits per heavy atom. The second kappa shape index (κ2) is 8.53. The Bertz CT molecular complexity index is 1400. The van der Waals surface area contributed by atoms with Gasteiger partial charge in [-0.3, -0.25) is 0 Å². The molecule has 0 unspecified atom stereocenters. The van der Waals surface area contributed by atoms with Crippen molar-refractivity contribution in [2.75, 3.05) is 4.90 Å². The van der Waals surface area contributed by atoms with E-state index in [4.69, 9.17) is 4.74 Å². The number of hydrogen-bond acceptors (Lipinski definition) is 3. The van der Waals surface area contributed by atoms with E-state index in [0.717, 1.165) is 38.4 Å². The summed E-state index contributed by atoms with van der Waals surface area (Å²) in [7, 11) is 0. The van der Waals surface area contributed by atoms with Crippen LogP contribution in [0.2, 0.25) is 0 Å². The van der Waals surface area contributed by atoms with E-state index in [9.17, 15) is 0 Å². The van der Waals surface area contributed by atoms with Crippen LogP contribution < -0.4 is 9.64 Å². The van der Waals surface area contributed by atoms with E-state index in [2.05, 4.69) is 108 Å². The zero-order valence-corrected chi connectivity index (χ0v) is 18.7. The van der Waals surface area contributed by atoms with E-state index in [1.165, 1.54) is 11.1 Å². The van der Waals surface area contributed by atoms with Crippen LogP contribution >= 0.6 is 11.8 Å². The molecule has 5 aromatic rings. The van der Waals surface area contributed by atoms with Gasteiger partial charge in [-0.15, -0.1) is 0 Å². The van der Waals surface area contributed by atoms with Crippen molar-refractivity contribution in [1.82, 2.24) is 0 Å². The molecule has 0 spiro atoms. The van der Waals surface area contributed by atoms with Crippen LogP contribution in [0.25, 0.3) is 11.1 Å². The van der Waals surface area contributed by atoms with E-state index in [0.29, 0.717) is 0 Å². The molecule has 0 aromatic heterocycles. The Balaban J connectivity index is 1.47. The molecule has 6 rings (SSSR count). The summed E-state index contributed by atoms with van der Waals surface area (Å²) in [4.78, 5) is 4.55. The molecule has 3 heteroatoms. The van der Waals surface area contributed by atoms with Gasteiger partial charge < -0.3 is 9.64 Å². The SMILES string of the molecule is c1ccc(-c2ccc(N(c3ccccc3)c3cccc4c3Sc3ccccc3O4)cc2)cc1. The lowest BCUT2D eigenvalue weighted by atomic mass is 10.0. The minimum Gasteiger partial charge on any atom is -0.455 e. The molecular weight excluding hydrogens is 422 g/mol. The second-order valence-corrected chi connectivity index (χ2v) is 8.89. The van der Waals surface area contributed by atoms with Crippen LogP contribution in [0, 0.1) is 0 Å². The lowest BCUT2D eigenvalue weighted by Gasteiger charge is -2.30. The second-order valence-electron chi connectivity index (χ2n) is 7.84. The average Bonchev–Trinajstić information content (AvgIpc) is 2.89. The Hall–Kier alpha value is -3.95. The summed E-state index contributed by atoms with van der Waals surface area (Å²) in [5.74, 6) is 1.80. The predicted molar refractivity (Wildman–Crippen MR) is 137 cm³/mol. The van der Waals surface area contributed by atoms with E-state index in [-0.39, 0.29) is 0 Å². The van der Waals surface area contributed by atoms with Gasteiger partial charge in [0.25, 0.3) is 0 Å². The smallest absolute Gasteiger partial charge is 0.143 e. The first-order valence-corrected chi connectivity index (χ1v) is 11.8. The fraction of sp³-hybridized carbons (Fsp3) is 0. The molecule has 0 fully saturated rings. The Labute approximate surface area is 198 Å². The summed E-state index contributed by atoms with van der Waals surface area (Å²) in [6.45, 7) is 0. The van der Waals surface area contributed by atoms with Crippen molar-refractivity contribution in [3.05, 3.63) is 127 Å². The largest absolute Gasteiger partial charge is 0.455 e. The van der Waals surface area contributed by atoms with Crippen molar-refractivity contribution in [1.29, 1.82) is 0 Å². The maximum Gasteiger partial charge on any atom is 0.143 e. The molecule has 1 aliphatic heterocycles. The molecule has 5 aromatic carbocycles. The summed E-state index contributed by atoms with van der Waals surface area (Å²) >= 11 is 1.76. The van der Waals surface area contributed by atoms with Crippen LogP contribution in [0.4, 0.5) is 17.1 Å². The van der Waals surface area contributed by atoms with Crippen LogP contribution in [0.5, 0.6) is 11.5 Å². The third-order valence-corrected chi connectivity index (χ3v) is 6.90. The summed E-state index contributed by atoms with van der Waals surface area (Å²) in [6.07, 6.45) is 0. The van der Waals surface area contributed by atoms with E-state index in [1.807, 2.05) is 24.3 Å². The average molecular weight is 444 g/mol. The van der Waals surface area contributed by atoms with Crippen LogP contribution in [0.1, 0.15) is 0 Å². The number of benzene rings is 5. The number of nitrogens with zero attached hydrogens (tertiary/aromatic N) is 1. The lowest BCUT2D eigenvalue weighted by molar-refractivity contribution is 0.455. The lowest BCUT2D eigenvalue weighted by Crippen LogP contribution is -2.12. The molecular formula is C30H21NOS. The van der Waals surface area contributed by atoms with Crippen molar-refractivity contribution in [3.63, 3.8) is 0 Å². The standard InChI is InChI=1S/C30H21NOS/c1-3-10-22(11-4-1)23-18-20-25(21-19-23)31(24-12-5-2-6-13-24)26-14-9-16-28-30(26)33-29-17-8-7-15-27(29)32-28/h1-21H. The van der Waals surface area contributed by atoms with Crippen molar-refractivity contribution < 1.29 is 4.74 Å². The van der Waals surface area contributed by atoms with Gasteiger partial charge in [0.1, 0.15) is 11.5 Å². The zero-order valence-electron chi connectivity index (χ0n) is 17.9. The van der Waals surface area contributed by atoms with Crippen LogP contribution in [0.15, 0.2) is 137 Å². The van der Waals surface area contributed by atoms with E-state index in [1.54, 1.807) is 11.8 Å². The highest BCUT2D eigenvalue weighted by atomic mass is 32.2. The molecule has 1 aliphatic rings. The van der Waals surface area contributed by atoms with Gasteiger partial charge in [0.2, 0.25) is 0 Å². The van der Waals surface area contributed by atoms with Crippen molar-refractivity contribution in [2.45, 2.75) is 9.79 Å². The molecule has 0 bridgehead atoms. The number of hydrogen-bond donors (Lipinski definition) is 0. The van der Waals surface area contributed by atoms with Gasteiger partial charge in [-0.25, -0.2) is 0 Å². The number of rotatable bonds is 4. The molecule has 158 valence electrons. The highest BCUT2D eigenvalue weighted by molar-refractivity contribution is 7.99. The number of ether oxygens (including phenoxy) is 1. The third kappa shape index (κ3) is 3.77. The van der Waals surface area contributed by atoms with Crippen LogP contribution in [0.3, 0.4) is 0 Å². The number of para-hydroxylation sites is 2. The molecule has 0 aliphatic carbocycles. The highest BCUT2D eigenvalue weighted by Crippen LogP contribution is 2.52. The van der Waals surface area contributed by atoms with Crippen molar-refractivity contribution >= 4 is 28.8 Å². The number of anilines is 3. The molecule has 1 heterocycles. The molecule has 0 atom stereocenters. The maximum absolute atomic E-state index is 6.27. The molecule has 0 saturated heterocycles. The van der Waals surface area contributed by atoms with Gasteiger partial charge in [-0.2, -0.15) is 0 Å². The molecule has 0 amide bonds. The molecule has 0 saturated carbocycles. The van der Waals surface area contributed by atoms with Gasteiger partial charge in [0.15, 0.2) is 0 Å². The normalized spacial score (nSPS) is 11.8. The van der Waals surface area contributed by atoms with Crippen molar-refractivity contribution in [3.8, 4) is 22.6 Å². The summed E-state index contributed by atoms with van der Waals surface area (Å²) < 4.78 is 6.27. The third-order valence-electron chi connectivity index (χ3n) is 5.73. The summed E-state index contributed by atoms with van der Waals surface area (Å²) in [5, 5.41) is 0. The molecule has 0 N–H and O–H groups in total. The quantitative estimate of drug-likeness (QED) is 0.270. The topological polar surface area (TPSA) is 12.5 Å². The fourth-order valence-electron chi connectivity index (χ4n) is 4.15. The first-order valence-electron chi connectivity index (χ1n) is 11.0. The first kappa shape index (κ1) is 19.7. The maximum atomic E-state index is 6.27. The summed E-state index contributed by atoms with van der Waals surface area (Å²) in [6, 6.07) is 44.2. The zero-order chi connectivity index (χ0) is 22.0. The molecule has 0 radical (unpaired) electrons. The number of fused-ring (bicyclic) bond motifs is 2. The van der Waals surface area contributed by atoms with Crippen LogP contribution in [-0.4, -0.2) is 0 Å². The monoisotopic (exact) mass is 443 g/mol. The minimum atomic E-state index is 0.887. The van der Waals surface area contributed by atoms with E-state index < -0.39 is 0 Å². The predicted octanol–water partition coefficient (Wildman–Crippen LogP) is 9.08. The Morgan fingerprint density at radius 3 is 1.88 bits per heavy atom. The van der Waals surface area contributed by atoms with Gasteiger partial charge in [0.05, 0.1) is 15.5 Å². The highest BCUT2D eigenvalue weighted by Gasteiger charge is 2.24. The summed E-state index contributed by atoms with van der Waals surface area (Å²) in [5.41, 5.74) is 5.74. The Morgan fingerprint density at radius 1 is 0.485 bits per heavy atom. The van der Waals surface area contributed by atoms with E-state index >= 15 is 0 Å². The van der Waals surface area contributed by atoms with Gasteiger partial charge >= 0.3 is 0 Å². The first-order chi connectivity index (χ1) is 16.4. The van der Waals surface area contributed by atoms with Gasteiger partial charge in [0, 0.05) is 11.4 Å². The fourth-order valence-corrected chi connectivity index (χ4v) is 5.20. The van der Waals surface area contributed by atoms with Crippen LogP contribution in [-0.2, 0) is 0 Å². The van der Waals surface area contributed by atoms with Crippen molar-refractivity contribution in [2.24, 2.45) is 0 Å². The Kier molecular flexibility index (Phi) is 5.10. The minimum absolute atomic E-state index is 0.887. The molecule has 33 heavy (non-hydrogen) atoms.